The molecule has 0 saturated carbocycles. The molecule has 4 rings (SSSR count). The molecule has 0 unspecified atom stereocenters. The molecule has 25 heavy (non-hydrogen) atoms. The number of carbonyl (C=O) groups excluding carboxylic acids is 1. The van der Waals surface area contributed by atoms with Crippen molar-refractivity contribution in [1.29, 1.82) is 0 Å². The van der Waals surface area contributed by atoms with Crippen molar-refractivity contribution >= 4 is 32.7 Å². The van der Waals surface area contributed by atoms with Crippen LogP contribution in [0.1, 0.15) is 16.1 Å². The van der Waals surface area contributed by atoms with Crippen molar-refractivity contribution in [2.24, 2.45) is 0 Å². The Labute approximate surface area is 155 Å². The summed E-state index contributed by atoms with van der Waals surface area (Å²) in [5.74, 6) is 0.0942. The molecule has 1 saturated heterocycles. The number of amides is 1. The predicted octanol–water partition coefficient (Wildman–Crippen LogP) is 3.89. The van der Waals surface area contributed by atoms with Gasteiger partial charge in [-0.3, -0.25) is 9.69 Å². The van der Waals surface area contributed by atoms with Crippen LogP contribution in [0.5, 0.6) is 0 Å². The van der Waals surface area contributed by atoms with Crippen LogP contribution in [0.15, 0.2) is 59.1 Å². The number of benzene rings is 2. The number of fused-ring (bicyclic) bond motifs is 1. The third-order valence-electron chi connectivity index (χ3n) is 4.77. The molecule has 3 aromatic rings. The number of H-pyrrole nitrogens is 1. The first-order chi connectivity index (χ1) is 12.2. The van der Waals surface area contributed by atoms with Gasteiger partial charge in [0.15, 0.2) is 0 Å². The van der Waals surface area contributed by atoms with Gasteiger partial charge in [-0.25, -0.2) is 0 Å². The largest absolute Gasteiger partial charge is 0.351 e. The third kappa shape index (κ3) is 3.48. The van der Waals surface area contributed by atoms with E-state index in [1.165, 1.54) is 5.56 Å². The van der Waals surface area contributed by atoms with E-state index < -0.39 is 0 Å². The maximum Gasteiger partial charge on any atom is 0.270 e. The Morgan fingerprint density at radius 1 is 1.00 bits per heavy atom. The van der Waals surface area contributed by atoms with E-state index in [0.717, 1.165) is 48.1 Å². The van der Waals surface area contributed by atoms with Crippen LogP contribution in [0.2, 0.25) is 0 Å². The zero-order chi connectivity index (χ0) is 17.2. The monoisotopic (exact) mass is 397 g/mol. The number of nitrogens with zero attached hydrogens (tertiary/aromatic N) is 2. The molecule has 5 heteroatoms. The fourth-order valence-corrected chi connectivity index (χ4v) is 3.75. The van der Waals surface area contributed by atoms with Gasteiger partial charge in [0.05, 0.1) is 0 Å². The smallest absolute Gasteiger partial charge is 0.270 e. The summed E-state index contributed by atoms with van der Waals surface area (Å²) in [4.78, 5) is 20.3. The molecule has 0 spiro atoms. The molecule has 128 valence electrons. The van der Waals surface area contributed by atoms with Crippen LogP contribution in [-0.2, 0) is 6.54 Å². The molecule has 0 aliphatic carbocycles. The molecule has 2 heterocycles. The highest BCUT2D eigenvalue weighted by Crippen LogP contribution is 2.20. The molecule has 1 N–H and O–H groups in total. The van der Waals surface area contributed by atoms with Gasteiger partial charge in [0.25, 0.3) is 5.91 Å². The van der Waals surface area contributed by atoms with E-state index in [1.54, 1.807) is 0 Å². The number of aromatic amines is 1. The first kappa shape index (κ1) is 16.4. The topological polar surface area (TPSA) is 39.3 Å². The van der Waals surface area contributed by atoms with E-state index >= 15 is 0 Å². The number of nitrogens with one attached hydrogen (secondary N) is 1. The van der Waals surface area contributed by atoms with E-state index in [2.05, 4.69) is 44.0 Å². The normalized spacial score (nSPS) is 15.6. The number of aromatic nitrogens is 1. The lowest BCUT2D eigenvalue weighted by molar-refractivity contribution is 0.0623. The van der Waals surface area contributed by atoms with E-state index in [9.17, 15) is 4.79 Å². The summed E-state index contributed by atoms with van der Waals surface area (Å²) in [5.41, 5.74) is 2.98. The Bertz CT molecular complexity index is 864. The van der Waals surface area contributed by atoms with Gasteiger partial charge >= 0.3 is 0 Å². The summed E-state index contributed by atoms with van der Waals surface area (Å²) in [7, 11) is 0. The number of piperazine rings is 1. The predicted molar refractivity (Wildman–Crippen MR) is 104 cm³/mol. The standard InChI is InChI=1S/C20H20BrN3O/c21-17-7-3-1-6-16(17)14-23-9-11-24(12-10-23)20(25)19-13-15-5-2-4-8-18(15)22-19/h1-8,13,22H,9-12,14H2. The number of hydrogen-bond acceptors (Lipinski definition) is 2. The minimum Gasteiger partial charge on any atom is -0.351 e. The van der Waals surface area contributed by atoms with Gasteiger partial charge in [-0.2, -0.15) is 0 Å². The summed E-state index contributed by atoms with van der Waals surface area (Å²) in [6.45, 7) is 4.23. The fraction of sp³-hybridized carbons (Fsp3) is 0.250. The molecule has 0 atom stereocenters. The van der Waals surface area contributed by atoms with Crippen LogP contribution in [0.3, 0.4) is 0 Å². The molecule has 1 amide bonds. The number of hydrogen-bond donors (Lipinski definition) is 1. The number of para-hydroxylation sites is 1. The Morgan fingerprint density at radius 3 is 2.48 bits per heavy atom. The Balaban J connectivity index is 1.39. The molecule has 1 fully saturated rings. The lowest BCUT2D eigenvalue weighted by Gasteiger charge is -2.34. The second-order valence-corrected chi connectivity index (χ2v) is 7.28. The second-order valence-electron chi connectivity index (χ2n) is 6.43. The molecule has 1 aliphatic heterocycles. The molecule has 4 nitrogen and oxygen atoms in total. The van der Waals surface area contributed by atoms with Crippen LogP contribution in [0.4, 0.5) is 0 Å². The number of rotatable bonds is 3. The first-order valence-corrected chi connectivity index (χ1v) is 9.33. The molecule has 0 bridgehead atoms. The van der Waals surface area contributed by atoms with Crippen LogP contribution in [0.25, 0.3) is 10.9 Å². The Kier molecular flexibility index (Phi) is 4.59. The third-order valence-corrected chi connectivity index (χ3v) is 5.55. The van der Waals surface area contributed by atoms with Crippen molar-refractivity contribution in [1.82, 2.24) is 14.8 Å². The zero-order valence-electron chi connectivity index (χ0n) is 13.9. The fourth-order valence-electron chi connectivity index (χ4n) is 3.34. The molecule has 1 aliphatic rings. The molecular weight excluding hydrogens is 378 g/mol. The highest BCUT2D eigenvalue weighted by atomic mass is 79.9. The van der Waals surface area contributed by atoms with E-state index in [4.69, 9.17) is 0 Å². The highest BCUT2D eigenvalue weighted by Gasteiger charge is 2.23. The maximum absolute atomic E-state index is 12.8. The molecule has 0 radical (unpaired) electrons. The lowest BCUT2D eigenvalue weighted by atomic mass is 10.2. The summed E-state index contributed by atoms with van der Waals surface area (Å²) < 4.78 is 1.14. The first-order valence-electron chi connectivity index (χ1n) is 8.53. The molecule has 1 aromatic heterocycles. The quantitative estimate of drug-likeness (QED) is 0.727. The number of halogens is 1. The van der Waals surface area contributed by atoms with E-state index in [0.29, 0.717) is 5.69 Å². The van der Waals surface area contributed by atoms with Crippen LogP contribution >= 0.6 is 15.9 Å². The second kappa shape index (κ2) is 7.02. The van der Waals surface area contributed by atoms with Gasteiger partial charge < -0.3 is 9.88 Å². The van der Waals surface area contributed by atoms with Crippen LogP contribution < -0.4 is 0 Å². The van der Waals surface area contributed by atoms with E-state index in [-0.39, 0.29) is 5.91 Å². The van der Waals surface area contributed by atoms with Gasteiger partial charge in [-0.15, -0.1) is 0 Å². The average molecular weight is 398 g/mol. The van der Waals surface area contributed by atoms with Gasteiger partial charge in [0, 0.05) is 48.1 Å². The van der Waals surface area contributed by atoms with Crippen molar-refractivity contribution in [2.45, 2.75) is 6.54 Å². The van der Waals surface area contributed by atoms with Crippen molar-refractivity contribution < 1.29 is 4.79 Å². The summed E-state index contributed by atoms with van der Waals surface area (Å²) in [6, 6.07) is 18.3. The van der Waals surface area contributed by atoms with Gasteiger partial charge in [-0.05, 0) is 23.8 Å². The van der Waals surface area contributed by atoms with Gasteiger partial charge in [0.2, 0.25) is 0 Å². The Morgan fingerprint density at radius 2 is 1.72 bits per heavy atom. The van der Waals surface area contributed by atoms with Crippen molar-refractivity contribution in [2.75, 3.05) is 26.2 Å². The molecular formula is C20H20BrN3O. The highest BCUT2D eigenvalue weighted by molar-refractivity contribution is 9.10. The zero-order valence-corrected chi connectivity index (χ0v) is 15.5. The summed E-state index contributed by atoms with van der Waals surface area (Å²) in [6.07, 6.45) is 0. The minimum absolute atomic E-state index is 0.0942. The van der Waals surface area contributed by atoms with Crippen molar-refractivity contribution in [3.05, 3.63) is 70.3 Å². The summed E-state index contributed by atoms with van der Waals surface area (Å²) in [5, 5.41) is 1.08. The Hall–Kier alpha value is -2.11. The molecule has 2 aromatic carbocycles. The lowest BCUT2D eigenvalue weighted by Crippen LogP contribution is -2.48. The van der Waals surface area contributed by atoms with Crippen LogP contribution in [-0.4, -0.2) is 46.9 Å². The maximum atomic E-state index is 12.8. The number of carbonyl (C=O) groups is 1. The summed E-state index contributed by atoms with van der Waals surface area (Å²) >= 11 is 3.61. The van der Waals surface area contributed by atoms with Gasteiger partial charge in [-0.1, -0.05) is 52.3 Å². The van der Waals surface area contributed by atoms with E-state index in [1.807, 2.05) is 41.3 Å². The minimum atomic E-state index is 0.0942. The van der Waals surface area contributed by atoms with Crippen molar-refractivity contribution in [3.8, 4) is 0 Å². The van der Waals surface area contributed by atoms with Gasteiger partial charge in [0.1, 0.15) is 5.69 Å². The van der Waals surface area contributed by atoms with Crippen LogP contribution in [0, 0.1) is 0 Å². The average Bonchev–Trinajstić information content (AvgIpc) is 3.08. The van der Waals surface area contributed by atoms with Crippen molar-refractivity contribution in [3.63, 3.8) is 0 Å². The SMILES string of the molecule is O=C(c1cc2ccccc2[nH]1)N1CCN(Cc2ccccc2Br)CC1.